The van der Waals surface area contributed by atoms with Crippen molar-refractivity contribution in [1.82, 2.24) is 4.98 Å². The normalized spacial score (nSPS) is 14.5. The number of rotatable bonds is 5. The zero-order valence-corrected chi connectivity index (χ0v) is 10.1. The first-order valence-corrected chi connectivity index (χ1v) is 5.99. The number of β-amino-alcohol motifs (C(OH)–C–C–N with tert-alkyl or cyclic N) is 1. The van der Waals surface area contributed by atoms with Gasteiger partial charge in [0.2, 0.25) is 5.91 Å². The van der Waals surface area contributed by atoms with Gasteiger partial charge >= 0.3 is 0 Å². The molecule has 0 spiro atoms. The largest absolute Gasteiger partial charge is 0.493 e. The van der Waals surface area contributed by atoms with Crippen LogP contribution in [-0.4, -0.2) is 43.6 Å². The van der Waals surface area contributed by atoms with Crippen molar-refractivity contribution in [3.63, 3.8) is 0 Å². The molecule has 6 heteroatoms. The number of carbonyl (C=O) groups is 1. The molecule has 2 heterocycles. The van der Waals surface area contributed by atoms with E-state index in [1.165, 1.54) is 4.90 Å². The summed E-state index contributed by atoms with van der Waals surface area (Å²) in [5.74, 6) is 1.29. The number of ether oxygens (including phenoxy) is 1. The van der Waals surface area contributed by atoms with E-state index in [0.29, 0.717) is 37.3 Å². The Kier molecular flexibility index (Phi) is 4.20. The number of aryl methyl sites for hydroxylation is 1. The van der Waals surface area contributed by atoms with E-state index in [1.54, 1.807) is 6.20 Å². The molecular weight excluding hydrogens is 231 g/mol. The third-order valence-electron chi connectivity index (χ3n) is 2.79. The molecular formula is C12H15BN2O3. The first-order valence-electron chi connectivity index (χ1n) is 5.99. The van der Waals surface area contributed by atoms with Crippen LogP contribution in [-0.2, 0) is 11.2 Å². The first-order chi connectivity index (χ1) is 8.76. The van der Waals surface area contributed by atoms with Crippen LogP contribution < -0.4 is 9.64 Å². The second-order valence-electron chi connectivity index (χ2n) is 4.06. The average molecular weight is 246 g/mol. The lowest BCUT2D eigenvalue weighted by molar-refractivity contribution is -0.119. The molecule has 5 nitrogen and oxygen atoms in total. The lowest BCUT2D eigenvalue weighted by atomic mass is 10.0. The van der Waals surface area contributed by atoms with Crippen molar-refractivity contribution in [2.75, 3.05) is 24.7 Å². The molecule has 1 aliphatic heterocycles. The highest BCUT2D eigenvalue weighted by molar-refractivity contribution is 6.08. The molecule has 18 heavy (non-hydrogen) atoms. The second kappa shape index (κ2) is 5.86. The summed E-state index contributed by atoms with van der Waals surface area (Å²) in [7, 11) is 5.37. The monoisotopic (exact) mass is 246 g/mol. The van der Waals surface area contributed by atoms with E-state index in [-0.39, 0.29) is 19.1 Å². The molecule has 0 bridgehead atoms. The fourth-order valence-corrected chi connectivity index (χ4v) is 1.99. The second-order valence-corrected chi connectivity index (χ2v) is 4.06. The first kappa shape index (κ1) is 12.9. The van der Waals surface area contributed by atoms with Crippen molar-refractivity contribution in [2.45, 2.75) is 19.2 Å². The fraction of sp³-hybridized carbons (Fsp3) is 0.500. The van der Waals surface area contributed by atoms with Crippen LogP contribution in [0.1, 0.15) is 12.0 Å². The minimum atomic E-state index is -0.0711. The summed E-state index contributed by atoms with van der Waals surface area (Å²) in [5.41, 5.74) is 0.970. The number of fused-ring (bicyclic) bond motifs is 1. The van der Waals surface area contributed by atoms with Gasteiger partial charge in [0.1, 0.15) is 11.6 Å². The molecule has 0 aromatic carbocycles. The molecule has 2 radical (unpaired) electrons. The molecule has 0 fully saturated rings. The summed E-state index contributed by atoms with van der Waals surface area (Å²) in [6.07, 6.45) is 3.13. The summed E-state index contributed by atoms with van der Waals surface area (Å²) in [6, 6.07) is 1.88. The van der Waals surface area contributed by atoms with Crippen LogP contribution in [0.3, 0.4) is 0 Å². The number of nitrogens with zero attached hydrogens (tertiary/aromatic N) is 2. The van der Waals surface area contributed by atoms with E-state index < -0.39 is 0 Å². The van der Waals surface area contributed by atoms with Crippen LogP contribution in [0.4, 0.5) is 5.82 Å². The number of anilines is 1. The van der Waals surface area contributed by atoms with Gasteiger partial charge in [-0.15, -0.1) is 0 Å². The summed E-state index contributed by atoms with van der Waals surface area (Å²) in [6.45, 7) is 0.653. The molecule has 0 atom stereocenters. The Bertz CT molecular complexity index is 439. The van der Waals surface area contributed by atoms with Crippen LogP contribution >= 0.6 is 0 Å². The van der Waals surface area contributed by atoms with Gasteiger partial charge in [0.15, 0.2) is 0 Å². The quantitative estimate of drug-likeness (QED) is 0.760. The van der Waals surface area contributed by atoms with Gasteiger partial charge in [-0.25, -0.2) is 4.98 Å². The number of hydrogen-bond acceptors (Lipinski definition) is 4. The van der Waals surface area contributed by atoms with Crippen LogP contribution in [0.5, 0.6) is 5.75 Å². The fourth-order valence-electron chi connectivity index (χ4n) is 1.99. The Morgan fingerprint density at radius 3 is 3.06 bits per heavy atom. The minimum Gasteiger partial charge on any atom is -0.493 e. The molecule has 2 rings (SSSR count). The number of aliphatic hydroxyl groups excluding tert-OH is 1. The van der Waals surface area contributed by atoms with Gasteiger partial charge in [-0.1, -0.05) is 6.32 Å². The van der Waals surface area contributed by atoms with Gasteiger partial charge in [-0.3, -0.25) is 9.69 Å². The topological polar surface area (TPSA) is 62.7 Å². The predicted octanol–water partition coefficient (Wildman–Crippen LogP) is 0.319. The smallest absolute Gasteiger partial charge is 0.228 e. The van der Waals surface area contributed by atoms with Crippen LogP contribution in [0.2, 0.25) is 6.32 Å². The molecule has 1 aliphatic rings. The molecule has 1 amide bonds. The molecule has 0 saturated heterocycles. The van der Waals surface area contributed by atoms with Crippen molar-refractivity contribution < 1.29 is 14.6 Å². The van der Waals surface area contributed by atoms with Crippen molar-refractivity contribution in [1.29, 1.82) is 0 Å². The van der Waals surface area contributed by atoms with Gasteiger partial charge in [0.25, 0.3) is 0 Å². The average Bonchev–Trinajstić information content (AvgIpc) is 2.39. The number of amides is 1. The molecule has 1 aromatic rings. The Labute approximate surface area is 107 Å². The predicted molar refractivity (Wildman–Crippen MR) is 68.1 cm³/mol. The highest BCUT2D eigenvalue weighted by atomic mass is 16.5. The SMILES string of the molecule is [B]CCOc1cnc2c(c1)CCC(=O)N2CCO. The Morgan fingerprint density at radius 2 is 2.33 bits per heavy atom. The summed E-state index contributed by atoms with van der Waals surface area (Å²) in [5, 5.41) is 8.97. The van der Waals surface area contributed by atoms with E-state index in [0.717, 1.165) is 5.56 Å². The van der Waals surface area contributed by atoms with Crippen molar-refractivity contribution in [2.24, 2.45) is 0 Å². The Balaban J connectivity index is 2.22. The van der Waals surface area contributed by atoms with E-state index >= 15 is 0 Å². The van der Waals surface area contributed by atoms with E-state index in [2.05, 4.69) is 4.98 Å². The lowest BCUT2D eigenvalue weighted by Crippen LogP contribution is -2.37. The summed E-state index contributed by atoms with van der Waals surface area (Å²) < 4.78 is 5.40. The van der Waals surface area contributed by atoms with E-state index in [9.17, 15) is 4.79 Å². The van der Waals surface area contributed by atoms with Gasteiger partial charge in [0, 0.05) is 6.42 Å². The van der Waals surface area contributed by atoms with Gasteiger partial charge in [-0.05, 0) is 18.1 Å². The lowest BCUT2D eigenvalue weighted by Gasteiger charge is -2.27. The number of carbonyl (C=O) groups excluding carboxylic acids is 1. The van der Waals surface area contributed by atoms with Crippen molar-refractivity contribution in [3.8, 4) is 5.75 Å². The highest BCUT2D eigenvalue weighted by Gasteiger charge is 2.25. The molecule has 0 saturated carbocycles. The van der Waals surface area contributed by atoms with E-state index in [4.69, 9.17) is 17.7 Å². The van der Waals surface area contributed by atoms with E-state index in [1.807, 2.05) is 6.07 Å². The number of hydrogen-bond donors (Lipinski definition) is 1. The van der Waals surface area contributed by atoms with Gasteiger partial charge < -0.3 is 9.84 Å². The zero-order valence-electron chi connectivity index (χ0n) is 10.1. The van der Waals surface area contributed by atoms with Crippen LogP contribution in [0.25, 0.3) is 0 Å². The maximum Gasteiger partial charge on any atom is 0.228 e. The maximum atomic E-state index is 11.7. The van der Waals surface area contributed by atoms with Crippen LogP contribution in [0.15, 0.2) is 12.3 Å². The third-order valence-corrected chi connectivity index (χ3v) is 2.79. The summed E-state index contributed by atoms with van der Waals surface area (Å²) >= 11 is 0. The van der Waals surface area contributed by atoms with Gasteiger partial charge in [-0.2, -0.15) is 0 Å². The molecule has 1 N–H and O–H groups in total. The zero-order chi connectivity index (χ0) is 13.0. The molecule has 0 unspecified atom stereocenters. The Morgan fingerprint density at radius 1 is 1.50 bits per heavy atom. The highest BCUT2D eigenvalue weighted by Crippen LogP contribution is 2.28. The van der Waals surface area contributed by atoms with Crippen LogP contribution in [0, 0.1) is 0 Å². The number of aliphatic hydroxyl groups is 1. The standard InChI is InChI=1S/C12H15BN2O3/c13-3-6-18-10-7-9-1-2-11(17)15(4-5-16)12(9)14-8-10/h7-8,16H,1-6H2. The van der Waals surface area contributed by atoms with Gasteiger partial charge in [0.05, 0.1) is 33.8 Å². The molecule has 1 aromatic heterocycles. The summed E-state index contributed by atoms with van der Waals surface area (Å²) in [4.78, 5) is 17.5. The molecule has 0 aliphatic carbocycles. The van der Waals surface area contributed by atoms with Crippen molar-refractivity contribution >= 4 is 19.6 Å². The third kappa shape index (κ3) is 2.64. The number of aromatic nitrogens is 1. The molecule has 94 valence electrons. The maximum absolute atomic E-state index is 11.7. The van der Waals surface area contributed by atoms with Crippen molar-refractivity contribution in [3.05, 3.63) is 17.8 Å². The number of pyridine rings is 1. The Hall–Kier alpha value is -1.56. The minimum absolute atomic E-state index is 0.000299.